The summed E-state index contributed by atoms with van der Waals surface area (Å²) in [5.74, 6) is -3.19. The molecule has 16 heavy (non-hydrogen) atoms. The van der Waals surface area contributed by atoms with Gasteiger partial charge in [0.05, 0.1) is 0 Å². The lowest BCUT2D eigenvalue weighted by molar-refractivity contribution is 0.244. The van der Waals surface area contributed by atoms with Crippen LogP contribution in [0, 0.1) is 11.6 Å². The topological polar surface area (TPSA) is 49.7 Å². The summed E-state index contributed by atoms with van der Waals surface area (Å²) in [5.41, 5.74) is -0.763. The van der Waals surface area contributed by atoms with Crippen LogP contribution >= 0.6 is 0 Å². The Morgan fingerprint density at radius 1 is 1.38 bits per heavy atom. The smallest absolute Gasteiger partial charge is 0.235 e. The molecule has 0 unspecified atom stereocenters. The number of carbonyl (C=O) groups excluding carboxylic acids is 1. The number of phenols is 1. The van der Waals surface area contributed by atoms with E-state index < -0.39 is 22.9 Å². The molecule has 1 aliphatic rings. The molecule has 0 aliphatic heterocycles. The summed E-state index contributed by atoms with van der Waals surface area (Å²) in [7, 11) is 0. The van der Waals surface area contributed by atoms with E-state index in [0.29, 0.717) is 12.8 Å². The first-order valence-electron chi connectivity index (χ1n) is 4.87. The average Bonchev–Trinajstić information content (AvgIpc) is 2.21. The van der Waals surface area contributed by atoms with Crippen LogP contribution in [-0.2, 0) is 10.3 Å². The Kier molecular flexibility index (Phi) is 2.48. The number of halogens is 2. The molecule has 5 heteroatoms. The van der Waals surface area contributed by atoms with Crippen molar-refractivity contribution in [1.29, 1.82) is 0 Å². The molecule has 2 rings (SSSR count). The third-order valence-corrected chi connectivity index (χ3v) is 3.01. The van der Waals surface area contributed by atoms with Crippen molar-refractivity contribution in [2.75, 3.05) is 0 Å². The SMILES string of the molecule is O=C=NC1(c2ccc(F)c(F)c2O)CCC1. The summed E-state index contributed by atoms with van der Waals surface area (Å²) >= 11 is 0. The predicted molar refractivity (Wildman–Crippen MR) is 51.7 cm³/mol. The van der Waals surface area contributed by atoms with Gasteiger partial charge in [-0.1, -0.05) is 0 Å². The van der Waals surface area contributed by atoms with Crippen LogP contribution in [0.15, 0.2) is 17.1 Å². The first-order valence-corrected chi connectivity index (χ1v) is 4.87. The Morgan fingerprint density at radius 2 is 2.06 bits per heavy atom. The maximum Gasteiger partial charge on any atom is 0.235 e. The van der Waals surface area contributed by atoms with Gasteiger partial charge in [-0.15, -0.1) is 0 Å². The van der Waals surface area contributed by atoms with Gasteiger partial charge in [0.15, 0.2) is 11.6 Å². The van der Waals surface area contributed by atoms with Crippen molar-refractivity contribution >= 4 is 6.08 Å². The second kappa shape index (κ2) is 3.68. The van der Waals surface area contributed by atoms with Crippen molar-refractivity contribution in [2.24, 2.45) is 4.99 Å². The molecule has 1 aromatic carbocycles. The molecule has 0 radical (unpaired) electrons. The van der Waals surface area contributed by atoms with Crippen LogP contribution in [0.2, 0.25) is 0 Å². The van der Waals surface area contributed by atoms with E-state index in [1.165, 1.54) is 12.1 Å². The molecule has 0 bridgehead atoms. The second-order valence-corrected chi connectivity index (χ2v) is 3.85. The van der Waals surface area contributed by atoms with Gasteiger partial charge in [0.1, 0.15) is 5.54 Å². The zero-order chi connectivity index (χ0) is 11.8. The minimum atomic E-state index is -1.30. The van der Waals surface area contributed by atoms with Gasteiger partial charge in [-0.05, 0) is 31.4 Å². The predicted octanol–water partition coefficient (Wildman–Crippen LogP) is 2.39. The van der Waals surface area contributed by atoms with Crippen LogP contribution in [0.4, 0.5) is 8.78 Å². The third-order valence-electron chi connectivity index (χ3n) is 3.01. The Balaban J connectivity index is 2.55. The first-order chi connectivity index (χ1) is 7.60. The van der Waals surface area contributed by atoms with E-state index in [-0.39, 0.29) is 5.56 Å². The highest BCUT2D eigenvalue weighted by Crippen LogP contribution is 2.48. The fraction of sp³-hybridized carbons (Fsp3) is 0.364. The van der Waals surface area contributed by atoms with Gasteiger partial charge >= 0.3 is 0 Å². The maximum atomic E-state index is 13.2. The highest BCUT2D eigenvalue weighted by molar-refractivity contribution is 5.45. The van der Waals surface area contributed by atoms with E-state index in [2.05, 4.69) is 4.99 Å². The number of aliphatic imine (C=N–C) groups is 1. The lowest BCUT2D eigenvalue weighted by atomic mass is 9.72. The second-order valence-electron chi connectivity index (χ2n) is 3.85. The number of phenolic OH excluding ortho intramolecular Hbond substituents is 1. The molecule has 0 spiro atoms. The molecule has 0 atom stereocenters. The number of hydrogen-bond donors (Lipinski definition) is 1. The zero-order valence-corrected chi connectivity index (χ0v) is 8.33. The van der Waals surface area contributed by atoms with Crippen molar-refractivity contribution in [3.05, 3.63) is 29.3 Å². The molecule has 3 nitrogen and oxygen atoms in total. The third kappa shape index (κ3) is 1.41. The molecule has 0 saturated heterocycles. The number of aromatic hydroxyl groups is 1. The summed E-state index contributed by atoms with van der Waals surface area (Å²) in [6.07, 6.45) is 3.30. The van der Waals surface area contributed by atoms with Crippen molar-refractivity contribution in [3.63, 3.8) is 0 Å². The molecular weight excluding hydrogens is 216 g/mol. The van der Waals surface area contributed by atoms with Gasteiger partial charge in [-0.3, -0.25) is 0 Å². The Bertz CT molecular complexity index is 477. The van der Waals surface area contributed by atoms with Crippen LogP contribution in [0.5, 0.6) is 5.75 Å². The van der Waals surface area contributed by atoms with Crippen LogP contribution < -0.4 is 0 Å². The summed E-state index contributed by atoms with van der Waals surface area (Å²) in [5, 5.41) is 9.50. The van der Waals surface area contributed by atoms with Crippen molar-refractivity contribution in [2.45, 2.75) is 24.8 Å². The summed E-state index contributed by atoms with van der Waals surface area (Å²) < 4.78 is 26.0. The molecule has 1 fully saturated rings. The molecule has 84 valence electrons. The summed E-state index contributed by atoms with van der Waals surface area (Å²) in [4.78, 5) is 13.9. The Morgan fingerprint density at radius 3 is 2.56 bits per heavy atom. The molecule has 1 saturated carbocycles. The molecular formula is C11H9F2NO2. The molecule has 1 aromatic rings. The quantitative estimate of drug-likeness (QED) is 0.620. The van der Waals surface area contributed by atoms with E-state index >= 15 is 0 Å². The van der Waals surface area contributed by atoms with Gasteiger partial charge in [0.25, 0.3) is 0 Å². The van der Waals surface area contributed by atoms with Gasteiger partial charge < -0.3 is 5.11 Å². The monoisotopic (exact) mass is 225 g/mol. The highest BCUT2D eigenvalue weighted by atomic mass is 19.2. The molecule has 0 heterocycles. The minimum Gasteiger partial charge on any atom is -0.504 e. The number of hydrogen-bond acceptors (Lipinski definition) is 3. The lowest BCUT2D eigenvalue weighted by Crippen LogP contribution is -2.32. The zero-order valence-electron chi connectivity index (χ0n) is 8.33. The van der Waals surface area contributed by atoms with Crippen molar-refractivity contribution < 1.29 is 18.7 Å². The molecule has 1 aliphatic carbocycles. The number of rotatable bonds is 2. The minimum absolute atomic E-state index is 0.154. The van der Waals surface area contributed by atoms with E-state index in [0.717, 1.165) is 12.5 Å². The number of benzene rings is 1. The molecule has 0 aromatic heterocycles. The standard InChI is InChI=1S/C11H9F2NO2/c12-8-3-2-7(10(16)9(8)13)11(14-6-15)4-1-5-11/h2-3,16H,1,4-5H2. The van der Waals surface area contributed by atoms with E-state index in [1.807, 2.05) is 0 Å². The Hall–Kier alpha value is -1.74. The van der Waals surface area contributed by atoms with Gasteiger partial charge in [-0.2, -0.15) is 9.38 Å². The first kappa shape index (κ1) is 10.8. The lowest BCUT2D eigenvalue weighted by Gasteiger charge is -2.37. The number of isocyanates is 1. The average molecular weight is 225 g/mol. The van der Waals surface area contributed by atoms with Crippen LogP contribution in [-0.4, -0.2) is 11.2 Å². The maximum absolute atomic E-state index is 13.2. The van der Waals surface area contributed by atoms with E-state index in [1.54, 1.807) is 0 Å². The van der Waals surface area contributed by atoms with E-state index in [4.69, 9.17) is 0 Å². The summed E-state index contributed by atoms with van der Waals surface area (Å²) in [6, 6.07) is 2.18. The highest BCUT2D eigenvalue weighted by Gasteiger charge is 2.41. The largest absolute Gasteiger partial charge is 0.504 e. The van der Waals surface area contributed by atoms with Crippen molar-refractivity contribution in [1.82, 2.24) is 0 Å². The fourth-order valence-corrected chi connectivity index (χ4v) is 1.96. The number of nitrogens with zero attached hydrogens (tertiary/aromatic N) is 1. The van der Waals surface area contributed by atoms with Gasteiger partial charge in [0, 0.05) is 5.56 Å². The molecule has 1 N–H and O–H groups in total. The summed E-state index contributed by atoms with van der Waals surface area (Å²) in [6.45, 7) is 0. The Labute approximate surface area is 90.4 Å². The molecule has 0 amide bonds. The fourth-order valence-electron chi connectivity index (χ4n) is 1.96. The van der Waals surface area contributed by atoms with Crippen LogP contribution in [0.25, 0.3) is 0 Å². The van der Waals surface area contributed by atoms with E-state index in [9.17, 15) is 18.7 Å². The normalized spacial score (nSPS) is 17.4. The van der Waals surface area contributed by atoms with Gasteiger partial charge in [-0.25, -0.2) is 9.18 Å². The van der Waals surface area contributed by atoms with Crippen LogP contribution in [0.3, 0.4) is 0 Å². The van der Waals surface area contributed by atoms with Crippen molar-refractivity contribution in [3.8, 4) is 5.75 Å². The van der Waals surface area contributed by atoms with Gasteiger partial charge in [0.2, 0.25) is 11.9 Å². The van der Waals surface area contributed by atoms with Crippen LogP contribution in [0.1, 0.15) is 24.8 Å².